The Bertz CT molecular complexity index is 421. The number of aryl methyl sites for hydroxylation is 1. The molecule has 0 unspecified atom stereocenters. The van der Waals surface area contributed by atoms with Crippen molar-refractivity contribution in [1.82, 2.24) is 19.7 Å². The number of aliphatic hydroxyl groups is 1. The predicted molar refractivity (Wildman–Crippen MR) is 49.8 cm³/mol. The molecule has 0 amide bonds. The molecule has 0 bridgehead atoms. The van der Waals surface area contributed by atoms with E-state index in [9.17, 15) is 0 Å². The van der Waals surface area contributed by atoms with Crippen LogP contribution in [-0.4, -0.2) is 24.9 Å². The quantitative estimate of drug-likeness (QED) is 0.747. The van der Waals surface area contributed by atoms with Gasteiger partial charge < -0.3 is 5.11 Å². The summed E-state index contributed by atoms with van der Waals surface area (Å²) in [5.74, 6) is 0.648. The summed E-state index contributed by atoms with van der Waals surface area (Å²) in [5, 5.41) is 13.0. The van der Waals surface area contributed by atoms with Crippen molar-refractivity contribution in [3.05, 3.63) is 36.0 Å². The Morgan fingerprint density at radius 2 is 2.21 bits per heavy atom. The first-order valence-corrected chi connectivity index (χ1v) is 4.24. The molecule has 5 nitrogen and oxygen atoms in total. The van der Waals surface area contributed by atoms with E-state index in [1.165, 1.54) is 6.20 Å². The topological polar surface area (TPSA) is 63.8 Å². The van der Waals surface area contributed by atoms with Crippen molar-refractivity contribution >= 4 is 0 Å². The van der Waals surface area contributed by atoms with E-state index in [4.69, 9.17) is 5.11 Å². The smallest absolute Gasteiger partial charge is 0.171 e. The Kier molecular flexibility index (Phi) is 2.24. The zero-order valence-electron chi connectivity index (χ0n) is 7.75. The Balaban J connectivity index is 2.33. The van der Waals surface area contributed by atoms with Crippen molar-refractivity contribution in [2.75, 3.05) is 0 Å². The molecule has 2 aromatic rings. The molecule has 72 valence electrons. The maximum absolute atomic E-state index is 8.78. The summed E-state index contributed by atoms with van der Waals surface area (Å²) in [4.78, 5) is 8.12. The van der Waals surface area contributed by atoms with Gasteiger partial charge in [-0.15, -0.1) is 0 Å². The summed E-state index contributed by atoms with van der Waals surface area (Å²) in [6.45, 7) is 1.82. The lowest BCUT2D eigenvalue weighted by Crippen LogP contribution is -2.01. The minimum Gasteiger partial charge on any atom is -0.390 e. The normalized spacial score (nSPS) is 10.4. The van der Waals surface area contributed by atoms with Gasteiger partial charge in [-0.25, -0.2) is 9.67 Å². The minimum absolute atomic E-state index is 0.0919. The average molecular weight is 190 g/mol. The van der Waals surface area contributed by atoms with Crippen LogP contribution in [0.15, 0.2) is 24.7 Å². The number of hydrogen-bond donors (Lipinski definition) is 1. The van der Waals surface area contributed by atoms with Crippen LogP contribution in [0.4, 0.5) is 0 Å². The average Bonchev–Trinajstić information content (AvgIpc) is 2.65. The van der Waals surface area contributed by atoms with E-state index in [1.807, 2.05) is 19.2 Å². The lowest BCUT2D eigenvalue weighted by molar-refractivity contribution is 0.276. The zero-order chi connectivity index (χ0) is 9.97. The van der Waals surface area contributed by atoms with E-state index in [-0.39, 0.29) is 6.61 Å². The molecule has 0 aliphatic heterocycles. The fourth-order valence-corrected chi connectivity index (χ4v) is 1.09. The summed E-state index contributed by atoms with van der Waals surface area (Å²) in [6.07, 6.45) is 4.93. The standard InChI is InChI=1S/C9H10N4O/c1-7-2-3-13(12-7)9-5-10-8(6-14)4-11-9/h2-5,14H,6H2,1H3. The van der Waals surface area contributed by atoms with Crippen LogP contribution in [0.1, 0.15) is 11.4 Å². The summed E-state index contributed by atoms with van der Waals surface area (Å²) >= 11 is 0. The van der Waals surface area contributed by atoms with E-state index in [2.05, 4.69) is 15.1 Å². The molecule has 2 heterocycles. The van der Waals surface area contributed by atoms with Crippen LogP contribution in [0.5, 0.6) is 0 Å². The SMILES string of the molecule is Cc1ccn(-c2cnc(CO)cn2)n1. The highest BCUT2D eigenvalue weighted by atomic mass is 16.3. The molecule has 5 heteroatoms. The predicted octanol–water partition coefficient (Wildman–Crippen LogP) is 0.463. The molecule has 0 radical (unpaired) electrons. The number of aromatic nitrogens is 4. The van der Waals surface area contributed by atoms with Gasteiger partial charge in [-0.05, 0) is 13.0 Å². The number of hydrogen-bond acceptors (Lipinski definition) is 4. The van der Waals surface area contributed by atoms with Crippen molar-refractivity contribution in [3.63, 3.8) is 0 Å². The molecule has 0 aromatic carbocycles. The summed E-state index contributed by atoms with van der Waals surface area (Å²) < 4.78 is 1.64. The number of nitrogens with zero attached hydrogens (tertiary/aromatic N) is 4. The number of aliphatic hydroxyl groups excluding tert-OH is 1. The monoisotopic (exact) mass is 190 g/mol. The lowest BCUT2D eigenvalue weighted by Gasteiger charge is -1.99. The molecule has 1 N–H and O–H groups in total. The number of rotatable bonds is 2. The van der Waals surface area contributed by atoms with Gasteiger partial charge in [0.2, 0.25) is 0 Å². The van der Waals surface area contributed by atoms with E-state index in [1.54, 1.807) is 10.9 Å². The van der Waals surface area contributed by atoms with Crippen molar-refractivity contribution in [2.24, 2.45) is 0 Å². The van der Waals surface area contributed by atoms with E-state index in [0.29, 0.717) is 11.5 Å². The first-order valence-electron chi connectivity index (χ1n) is 4.24. The third-order valence-corrected chi connectivity index (χ3v) is 1.81. The second-order valence-electron chi connectivity index (χ2n) is 2.93. The maximum atomic E-state index is 8.78. The van der Waals surface area contributed by atoms with Gasteiger partial charge in [-0.2, -0.15) is 5.10 Å². The summed E-state index contributed by atoms with van der Waals surface area (Å²) in [6, 6.07) is 1.89. The molecule has 0 atom stereocenters. The van der Waals surface area contributed by atoms with Gasteiger partial charge in [-0.3, -0.25) is 4.98 Å². The Morgan fingerprint density at radius 3 is 2.71 bits per heavy atom. The van der Waals surface area contributed by atoms with Crippen molar-refractivity contribution in [3.8, 4) is 5.82 Å². The first kappa shape index (κ1) is 8.83. The summed E-state index contributed by atoms with van der Waals surface area (Å²) in [5.41, 5.74) is 1.48. The van der Waals surface area contributed by atoms with Crippen LogP contribution in [0, 0.1) is 6.92 Å². The molecule has 14 heavy (non-hydrogen) atoms. The molecule has 0 aliphatic rings. The van der Waals surface area contributed by atoms with Gasteiger partial charge in [0.1, 0.15) is 0 Å². The maximum Gasteiger partial charge on any atom is 0.171 e. The molecule has 0 saturated heterocycles. The highest BCUT2D eigenvalue weighted by Crippen LogP contribution is 2.02. The Labute approximate surface area is 81.1 Å². The van der Waals surface area contributed by atoms with Gasteiger partial charge in [-0.1, -0.05) is 0 Å². The fraction of sp³-hybridized carbons (Fsp3) is 0.222. The second-order valence-corrected chi connectivity index (χ2v) is 2.93. The molecule has 2 rings (SSSR count). The third kappa shape index (κ3) is 1.62. The van der Waals surface area contributed by atoms with Gasteiger partial charge in [0.25, 0.3) is 0 Å². The highest BCUT2D eigenvalue weighted by Gasteiger charge is 2.00. The van der Waals surface area contributed by atoms with Crippen LogP contribution < -0.4 is 0 Å². The second kappa shape index (κ2) is 3.55. The molecule has 0 aliphatic carbocycles. The third-order valence-electron chi connectivity index (χ3n) is 1.81. The van der Waals surface area contributed by atoms with Crippen molar-refractivity contribution < 1.29 is 5.11 Å². The Morgan fingerprint density at radius 1 is 1.36 bits per heavy atom. The molecule has 2 aromatic heterocycles. The van der Waals surface area contributed by atoms with Gasteiger partial charge in [0.15, 0.2) is 5.82 Å². The Hall–Kier alpha value is -1.75. The molecular formula is C9H10N4O. The minimum atomic E-state index is -0.0919. The van der Waals surface area contributed by atoms with E-state index in [0.717, 1.165) is 5.69 Å². The van der Waals surface area contributed by atoms with E-state index < -0.39 is 0 Å². The largest absolute Gasteiger partial charge is 0.390 e. The zero-order valence-corrected chi connectivity index (χ0v) is 7.75. The molecule has 0 saturated carbocycles. The fourth-order valence-electron chi connectivity index (χ4n) is 1.09. The van der Waals surface area contributed by atoms with Gasteiger partial charge in [0, 0.05) is 6.20 Å². The van der Waals surface area contributed by atoms with E-state index >= 15 is 0 Å². The molecule has 0 spiro atoms. The first-order chi connectivity index (χ1) is 6.79. The van der Waals surface area contributed by atoms with Crippen molar-refractivity contribution in [2.45, 2.75) is 13.5 Å². The van der Waals surface area contributed by atoms with Crippen molar-refractivity contribution in [1.29, 1.82) is 0 Å². The van der Waals surface area contributed by atoms with Gasteiger partial charge >= 0.3 is 0 Å². The molecule has 0 fully saturated rings. The van der Waals surface area contributed by atoms with Crippen LogP contribution in [0.2, 0.25) is 0 Å². The van der Waals surface area contributed by atoms with Crippen LogP contribution in [0.3, 0.4) is 0 Å². The highest BCUT2D eigenvalue weighted by molar-refractivity contribution is 5.18. The van der Waals surface area contributed by atoms with Crippen LogP contribution >= 0.6 is 0 Å². The lowest BCUT2D eigenvalue weighted by atomic mass is 10.5. The van der Waals surface area contributed by atoms with Gasteiger partial charge in [0.05, 0.1) is 30.4 Å². The molecular weight excluding hydrogens is 180 g/mol. The summed E-state index contributed by atoms with van der Waals surface area (Å²) in [7, 11) is 0. The van der Waals surface area contributed by atoms with Crippen LogP contribution in [-0.2, 0) is 6.61 Å². The van der Waals surface area contributed by atoms with Crippen LogP contribution in [0.25, 0.3) is 5.82 Å².